The Labute approximate surface area is 101 Å². The predicted octanol–water partition coefficient (Wildman–Crippen LogP) is 2.49. The van der Waals surface area contributed by atoms with Gasteiger partial charge in [-0.25, -0.2) is 9.78 Å². The Morgan fingerprint density at radius 2 is 2.22 bits per heavy atom. The van der Waals surface area contributed by atoms with Crippen LogP contribution in [-0.2, 0) is 0 Å². The van der Waals surface area contributed by atoms with Crippen molar-refractivity contribution < 1.29 is 18.8 Å². The van der Waals surface area contributed by atoms with Gasteiger partial charge in [0.1, 0.15) is 5.52 Å². The van der Waals surface area contributed by atoms with Gasteiger partial charge in [-0.3, -0.25) is 0 Å². The van der Waals surface area contributed by atoms with E-state index < -0.39 is 5.97 Å². The molecule has 0 radical (unpaired) electrons. The molecule has 3 aromatic rings. The number of nitrogens with zero attached hydrogens (tertiary/aromatic N) is 2. The molecule has 0 unspecified atom stereocenters. The molecule has 1 N–H and O–H groups in total. The van der Waals surface area contributed by atoms with Gasteiger partial charge in [-0.2, -0.15) is 0 Å². The van der Waals surface area contributed by atoms with Crippen LogP contribution in [0.2, 0.25) is 0 Å². The SMILES string of the molecule is Cc1nc2cccc(-c3cc(C(=O)O)no3)c2o1. The lowest BCUT2D eigenvalue weighted by atomic mass is 10.1. The van der Waals surface area contributed by atoms with Crippen molar-refractivity contribution >= 4 is 17.1 Å². The summed E-state index contributed by atoms with van der Waals surface area (Å²) >= 11 is 0. The molecule has 0 aliphatic rings. The fourth-order valence-corrected chi connectivity index (χ4v) is 1.76. The fourth-order valence-electron chi connectivity index (χ4n) is 1.76. The molecular formula is C12H8N2O4. The number of fused-ring (bicyclic) bond motifs is 1. The minimum Gasteiger partial charge on any atom is -0.476 e. The van der Waals surface area contributed by atoms with E-state index in [1.165, 1.54) is 6.07 Å². The largest absolute Gasteiger partial charge is 0.476 e. The van der Waals surface area contributed by atoms with Gasteiger partial charge in [0.25, 0.3) is 0 Å². The number of oxazole rings is 1. The monoisotopic (exact) mass is 244 g/mol. The molecule has 0 spiro atoms. The molecule has 0 saturated carbocycles. The minimum absolute atomic E-state index is 0.141. The number of aromatic carboxylic acids is 1. The van der Waals surface area contributed by atoms with Crippen LogP contribution in [0.25, 0.3) is 22.4 Å². The second-order valence-electron chi connectivity index (χ2n) is 3.77. The summed E-state index contributed by atoms with van der Waals surface area (Å²) in [6.45, 7) is 1.74. The molecule has 1 aromatic carbocycles. The second-order valence-corrected chi connectivity index (χ2v) is 3.77. The van der Waals surface area contributed by atoms with E-state index in [2.05, 4.69) is 10.1 Å². The highest BCUT2D eigenvalue weighted by Gasteiger charge is 2.16. The van der Waals surface area contributed by atoms with E-state index in [4.69, 9.17) is 14.0 Å². The maximum absolute atomic E-state index is 10.8. The number of carboxylic acid groups (broad SMARTS) is 1. The van der Waals surface area contributed by atoms with Gasteiger partial charge in [0.05, 0.1) is 5.56 Å². The summed E-state index contributed by atoms with van der Waals surface area (Å²) in [6.07, 6.45) is 0. The standard InChI is InChI=1S/C12H8N2O4/c1-6-13-8-4-2-3-7(11(8)17-6)10-5-9(12(15)16)14-18-10/h2-5H,1H3,(H,15,16). The molecule has 18 heavy (non-hydrogen) atoms. The number of benzene rings is 1. The first-order valence-corrected chi connectivity index (χ1v) is 5.21. The Bertz CT molecular complexity index is 741. The first-order chi connectivity index (χ1) is 8.65. The molecule has 2 aromatic heterocycles. The van der Waals surface area contributed by atoms with Crippen molar-refractivity contribution in [2.45, 2.75) is 6.92 Å². The number of aromatic nitrogens is 2. The summed E-state index contributed by atoms with van der Waals surface area (Å²) in [5.74, 6) is -0.254. The van der Waals surface area contributed by atoms with Crippen LogP contribution in [0.5, 0.6) is 0 Å². The molecule has 0 aliphatic heterocycles. The smallest absolute Gasteiger partial charge is 0.358 e. The summed E-state index contributed by atoms with van der Waals surface area (Å²) in [5, 5.41) is 12.3. The van der Waals surface area contributed by atoms with Gasteiger partial charge >= 0.3 is 5.97 Å². The van der Waals surface area contributed by atoms with Crippen molar-refractivity contribution in [2.24, 2.45) is 0 Å². The van der Waals surface area contributed by atoms with Gasteiger partial charge in [0.15, 0.2) is 22.9 Å². The van der Waals surface area contributed by atoms with Crippen LogP contribution < -0.4 is 0 Å². The number of aryl methyl sites for hydroxylation is 1. The van der Waals surface area contributed by atoms with E-state index in [9.17, 15) is 4.79 Å². The molecule has 0 atom stereocenters. The van der Waals surface area contributed by atoms with Crippen LogP contribution in [0.3, 0.4) is 0 Å². The minimum atomic E-state index is -1.13. The number of carboxylic acids is 1. The Hall–Kier alpha value is -2.63. The predicted molar refractivity (Wildman–Crippen MR) is 61.2 cm³/mol. The van der Waals surface area contributed by atoms with Crippen LogP contribution in [0, 0.1) is 6.92 Å². The average Bonchev–Trinajstić information content (AvgIpc) is 2.92. The molecular weight excluding hydrogens is 236 g/mol. The van der Waals surface area contributed by atoms with Gasteiger partial charge in [-0.05, 0) is 12.1 Å². The maximum atomic E-state index is 10.8. The highest BCUT2D eigenvalue weighted by Crippen LogP contribution is 2.29. The van der Waals surface area contributed by atoms with Crippen molar-refractivity contribution in [2.75, 3.05) is 0 Å². The van der Waals surface area contributed by atoms with Crippen LogP contribution in [-0.4, -0.2) is 21.2 Å². The Morgan fingerprint density at radius 1 is 1.39 bits per heavy atom. The second kappa shape index (κ2) is 3.69. The van der Waals surface area contributed by atoms with Crippen LogP contribution in [0.1, 0.15) is 16.4 Å². The van der Waals surface area contributed by atoms with Gasteiger partial charge in [0, 0.05) is 13.0 Å². The van der Waals surface area contributed by atoms with Gasteiger partial charge < -0.3 is 14.0 Å². The molecule has 90 valence electrons. The number of carbonyl (C=O) groups is 1. The van der Waals surface area contributed by atoms with Gasteiger partial charge in [-0.1, -0.05) is 11.2 Å². The van der Waals surface area contributed by atoms with E-state index >= 15 is 0 Å². The normalized spacial score (nSPS) is 10.9. The summed E-state index contributed by atoms with van der Waals surface area (Å²) < 4.78 is 10.5. The highest BCUT2D eigenvalue weighted by molar-refractivity contribution is 5.91. The lowest BCUT2D eigenvalue weighted by molar-refractivity contribution is 0.0686. The van der Waals surface area contributed by atoms with Gasteiger partial charge in [-0.15, -0.1) is 0 Å². The molecule has 0 fully saturated rings. The number of para-hydroxylation sites is 1. The van der Waals surface area contributed by atoms with Crippen molar-refractivity contribution in [3.8, 4) is 11.3 Å². The number of hydrogen-bond acceptors (Lipinski definition) is 5. The van der Waals surface area contributed by atoms with E-state index in [-0.39, 0.29) is 5.69 Å². The van der Waals surface area contributed by atoms with Crippen molar-refractivity contribution in [1.82, 2.24) is 10.1 Å². The van der Waals surface area contributed by atoms with E-state index in [0.29, 0.717) is 28.3 Å². The average molecular weight is 244 g/mol. The molecule has 0 amide bonds. The number of hydrogen-bond donors (Lipinski definition) is 1. The van der Waals surface area contributed by atoms with E-state index in [1.807, 2.05) is 6.07 Å². The lowest BCUT2D eigenvalue weighted by Gasteiger charge is -1.94. The highest BCUT2D eigenvalue weighted by atomic mass is 16.5. The molecule has 3 rings (SSSR count). The van der Waals surface area contributed by atoms with Crippen molar-refractivity contribution in [1.29, 1.82) is 0 Å². The van der Waals surface area contributed by atoms with Gasteiger partial charge in [0.2, 0.25) is 0 Å². The number of rotatable bonds is 2. The third kappa shape index (κ3) is 1.55. The Kier molecular flexibility index (Phi) is 2.16. The summed E-state index contributed by atoms with van der Waals surface area (Å²) in [5.41, 5.74) is 1.74. The lowest BCUT2D eigenvalue weighted by Crippen LogP contribution is -1.94. The fraction of sp³-hybridized carbons (Fsp3) is 0.0833. The van der Waals surface area contributed by atoms with Crippen LogP contribution in [0.15, 0.2) is 33.2 Å². The quantitative estimate of drug-likeness (QED) is 0.744. The third-order valence-corrected chi connectivity index (χ3v) is 2.52. The summed E-state index contributed by atoms with van der Waals surface area (Å²) in [4.78, 5) is 15.0. The zero-order chi connectivity index (χ0) is 12.7. The van der Waals surface area contributed by atoms with Crippen molar-refractivity contribution in [3.05, 3.63) is 35.9 Å². The summed E-state index contributed by atoms with van der Waals surface area (Å²) in [6, 6.07) is 6.72. The molecule has 0 bridgehead atoms. The zero-order valence-electron chi connectivity index (χ0n) is 9.38. The van der Waals surface area contributed by atoms with E-state index in [1.54, 1.807) is 19.1 Å². The first-order valence-electron chi connectivity index (χ1n) is 5.21. The van der Waals surface area contributed by atoms with E-state index in [0.717, 1.165) is 0 Å². The molecule has 6 heteroatoms. The first kappa shape index (κ1) is 10.5. The topological polar surface area (TPSA) is 89.4 Å². The zero-order valence-corrected chi connectivity index (χ0v) is 9.38. The molecule has 0 saturated heterocycles. The molecule has 6 nitrogen and oxygen atoms in total. The summed E-state index contributed by atoms with van der Waals surface area (Å²) in [7, 11) is 0. The van der Waals surface area contributed by atoms with Crippen molar-refractivity contribution in [3.63, 3.8) is 0 Å². The molecule has 0 aliphatic carbocycles. The third-order valence-electron chi connectivity index (χ3n) is 2.52. The van der Waals surface area contributed by atoms with Crippen LogP contribution >= 0.6 is 0 Å². The maximum Gasteiger partial charge on any atom is 0.358 e. The Balaban J connectivity index is 2.21. The molecule has 2 heterocycles. The van der Waals surface area contributed by atoms with Crippen LogP contribution in [0.4, 0.5) is 0 Å². The Morgan fingerprint density at radius 3 is 2.94 bits per heavy atom.